The van der Waals surface area contributed by atoms with Crippen LogP contribution in [0.3, 0.4) is 0 Å². The fourth-order valence-electron chi connectivity index (χ4n) is 1.08. The maximum Gasteiger partial charge on any atom is 0.0430 e. The molecule has 0 saturated heterocycles. The van der Waals surface area contributed by atoms with Gasteiger partial charge in [0.2, 0.25) is 0 Å². The second-order valence-electron chi connectivity index (χ2n) is 3.89. The Morgan fingerprint density at radius 1 is 0.778 bits per heavy atom. The van der Waals surface area contributed by atoms with Crippen molar-refractivity contribution < 1.29 is 5.11 Å². The SMILES string of the molecule is CCCCO.Cc1ccccc1.c1ccccc1. The molecule has 0 aromatic heterocycles. The van der Waals surface area contributed by atoms with Gasteiger partial charge in [0.25, 0.3) is 0 Å². The van der Waals surface area contributed by atoms with Crippen LogP contribution < -0.4 is 0 Å². The monoisotopic (exact) mass is 244 g/mol. The first-order valence-electron chi connectivity index (χ1n) is 6.43. The van der Waals surface area contributed by atoms with Gasteiger partial charge < -0.3 is 5.11 Å². The van der Waals surface area contributed by atoms with Crippen LogP contribution in [0.5, 0.6) is 0 Å². The first kappa shape index (κ1) is 16.4. The lowest BCUT2D eigenvalue weighted by Crippen LogP contribution is -1.75. The van der Waals surface area contributed by atoms with Crippen molar-refractivity contribution in [3.63, 3.8) is 0 Å². The fourth-order valence-corrected chi connectivity index (χ4v) is 1.08. The number of aliphatic hydroxyl groups is 1. The largest absolute Gasteiger partial charge is 0.396 e. The van der Waals surface area contributed by atoms with E-state index >= 15 is 0 Å². The molecule has 0 atom stereocenters. The number of rotatable bonds is 2. The van der Waals surface area contributed by atoms with Crippen LogP contribution in [-0.2, 0) is 0 Å². The summed E-state index contributed by atoms with van der Waals surface area (Å²) >= 11 is 0. The maximum atomic E-state index is 8.07. The molecular formula is C17H24O. The van der Waals surface area contributed by atoms with Crippen molar-refractivity contribution in [3.05, 3.63) is 72.3 Å². The summed E-state index contributed by atoms with van der Waals surface area (Å²) < 4.78 is 0. The highest BCUT2D eigenvalue weighted by Gasteiger charge is 1.72. The Balaban J connectivity index is 0.000000245. The smallest absolute Gasteiger partial charge is 0.0430 e. The summed E-state index contributed by atoms with van der Waals surface area (Å²) in [5, 5.41) is 8.07. The molecule has 2 aromatic rings. The van der Waals surface area contributed by atoms with Gasteiger partial charge in [-0.25, -0.2) is 0 Å². The lowest BCUT2D eigenvalue weighted by Gasteiger charge is -1.82. The summed E-state index contributed by atoms with van der Waals surface area (Å²) in [7, 11) is 0. The highest BCUT2D eigenvalue weighted by atomic mass is 16.2. The molecule has 0 bridgehead atoms. The van der Waals surface area contributed by atoms with Crippen molar-refractivity contribution in [2.45, 2.75) is 26.7 Å². The molecule has 1 heteroatoms. The van der Waals surface area contributed by atoms with Gasteiger partial charge in [-0.1, -0.05) is 85.6 Å². The van der Waals surface area contributed by atoms with Crippen LogP contribution in [0.25, 0.3) is 0 Å². The molecule has 98 valence electrons. The van der Waals surface area contributed by atoms with Gasteiger partial charge in [0.15, 0.2) is 0 Å². The Morgan fingerprint density at radius 3 is 1.33 bits per heavy atom. The molecule has 2 aromatic carbocycles. The molecule has 0 spiro atoms. The fraction of sp³-hybridized carbons (Fsp3) is 0.294. The number of unbranched alkanes of at least 4 members (excludes halogenated alkanes) is 1. The van der Waals surface area contributed by atoms with Gasteiger partial charge in [-0.3, -0.25) is 0 Å². The van der Waals surface area contributed by atoms with Gasteiger partial charge in [-0.15, -0.1) is 0 Å². The Bertz CT molecular complexity index is 314. The Morgan fingerprint density at radius 2 is 1.17 bits per heavy atom. The molecule has 0 aliphatic rings. The van der Waals surface area contributed by atoms with Crippen molar-refractivity contribution in [1.29, 1.82) is 0 Å². The molecule has 0 amide bonds. The predicted octanol–water partition coefficient (Wildman–Crippen LogP) is 4.46. The van der Waals surface area contributed by atoms with Crippen LogP contribution in [0.15, 0.2) is 66.7 Å². The van der Waals surface area contributed by atoms with Crippen LogP contribution in [-0.4, -0.2) is 11.7 Å². The molecule has 0 heterocycles. The van der Waals surface area contributed by atoms with E-state index in [1.54, 1.807) is 0 Å². The minimum absolute atomic E-state index is 0.344. The number of hydrogen-bond acceptors (Lipinski definition) is 1. The first-order chi connectivity index (χ1) is 8.81. The summed E-state index contributed by atoms with van der Waals surface area (Å²) in [6.07, 6.45) is 2.04. The summed E-state index contributed by atoms with van der Waals surface area (Å²) in [4.78, 5) is 0. The van der Waals surface area contributed by atoms with E-state index in [2.05, 4.69) is 26.0 Å². The molecule has 1 nitrogen and oxygen atoms in total. The van der Waals surface area contributed by atoms with Gasteiger partial charge >= 0.3 is 0 Å². The topological polar surface area (TPSA) is 20.2 Å². The molecule has 1 N–H and O–H groups in total. The molecule has 2 rings (SSSR count). The molecule has 18 heavy (non-hydrogen) atoms. The third kappa shape index (κ3) is 12.5. The molecular weight excluding hydrogens is 220 g/mol. The average Bonchev–Trinajstić information content (AvgIpc) is 2.44. The highest BCUT2D eigenvalue weighted by molar-refractivity contribution is 5.11. The van der Waals surface area contributed by atoms with E-state index in [0.29, 0.717) is 6.61 Å². The van der Waals surface area contributed by atoms with Crippen LogP contribution in [0.4, 0.5) is 0 Å². The van der Waals surface area contributed by atoms with E-state index in [-0.39, 0.29) is 0 Å². The molecule has 0 aliphatic heterocycles. The van der Waals surface area contributed by atoms with E-state index < -0.39 is 0 Å². The summed E-state index contributed by atoms with van der Waals surface area (Å²) in [5.74, 6) is 0. The highest BCUT2D eigenvalue weighted by Crippen LogP contribution is 1.92. The second kappa shape index (κ2) is 13.5. The molecule has 0 saturated carbocycles. The number of aliphatic hydroxyl groups excluding tert-OH is 1. The number of aryl methyl sites for hydroxylation is 1. The quantitative estimate of drug-likeness (QED) is 0.827. The normalized spacial score (nSPS) is 8.39. The van der Waals surface area contributed by atoms with Crippen molar-refractivity contribution in [2.75, 3.05) is 6.61 Å². The van der Waals surface area contributed by atoms with Gasteiger partial charge in [-0.2, -0.15) is 0 Å². The molecule has 0 aliphatic carbocycles. The third-order valence-electron chi connectivity index (χ3n) is 2.12. The van der Waals surface area contributed by atoms with E-state index in [0.717, 1.165) is 12.8 Å². The maximum absolute atomic E-state index is 8.07. The van der Waals surface area contributed by atoms with Crippen molar-refractivity contribution in [1.82, 2.24) is 0 Å². The minimum Gasteiger partial charge on any atom is -0.396 e. The molecule has 0 fully saturated rings. The predicted molar refractivity (Wildman–Crippen MR) is 79.6 cm³/mol. The van der Waals surface area contributed by atoms with Gasteiger partial charge in [0, 0.05) is 6.61 Å². The standard InChI is InChI=1S/C7H8.C6H6.C4H10O/c1-7-5-3-2-4-6-7;1-2-4-6-5-3-1;1-2-3-4-5/h2-6H,1H3;1-6H;5H,2-4H2,1H3. The van der Waals surface area contributed by atoms with E-state index in [4.69, 9.17) is 5.11 Å². The third-order valence-corrected chi connectivity index (χ3v) is 2.12. The van der Waals surface area contributed by atoms with Crippen LogP contribution in [0.2, 0.25) is 0 Å². The Kier molecular flexibility index (Phi) is 12.3. The van der Waals surface area contributed by atoms with Gasteiger partial charge in [-0.05, 0) is 13.3 Å². The lowest BCUT2D eigenvalue weighted by atomic mass is 10.2. The number of hydrogen-bond donors (Lipinski definition) is 1. The minimum atomic E-state index is 0.344. The lowest BCUT2D eigenvalue weighted by molar-refractivity contribution is 0.287. The zero-order valence-corrected chi connectivity index (χ0v) is 11.4. The summed E-state index contributed by atoms with van der Waals surface area (Å²) in [5.41, 5.74) is 1.32. The van der Waals surface area contributed by atoms with Crippen molar-refractivity contribution >= 4 is 0 Å². The summed E-state index contributed by atoms with van der Waals surface area (Å²) in [6, 6.07) is 22.3. The Hall–Kier alpha value is -1.60. The zero-order chi connectivity index (χ0) is 13.5. The van der Waals surface area contributed by atoms with Crippen molar-refractivity contribution in [3.8, 4) is 0 Å². The van der Waals surface area contributed by atoms with Crippen LogP contribution in [0.1, 0.15) is 25.3 Å². The molecule has 0 radical (unpaired) electrons. The molecule has 0 unspecified atom stereocenters. The van der Waals surface area contributed by atoms with Crippen molar-refractivity contribution in [2.24, 2.45) is 0 Å². The first-order valence-corrected chi connectivity index (χ1v) is 6.43. The van der Waals surface area contributed by atoms with E-state index in [1.807, 2.05) is 54.6 Å². The summed E-state index contributed by atoms with van der Waals surface area (Å²) in [6.45, 7) is 4.48. The Labute approximate surface area is 111 Å². The van der Waals surface area contributed by atoms with Crippen LogP contribution >= 0.6 is 0 Å². The second-order valence-corrected chi connectivity index (χ2v) is 3.89. The van der Waals surface area contributed by atoms with Crippen LogP contribution in [0, 0.1) is 6.92 Å². The van der Waals surface area contributed by atoms with Gasteiger partial charge in [0.05, 0.1) is 0 Å². The zero-order valence-electron chi connectivity index (χ0n) is 11.4. The van der Waals surface area contributed by atoms with E-state index in [1.165, 1.54) is 5.56 Å². The number of benzene rings is 2. The van der Waals surface area contributed by atoms with Gasteiger partial charge in [0.1, 0.15) is 0 Å². The average molecular weight is 244 g/mol. The van der Waals surface area contributed by atoms with E-state index in [9.17, 15) is 0 Å².